The monoisotopic (exact) mass is 1840 g/mol. The maximum absolute atomic E-state index is 16.4. The molecule has 688 valence electrons. The number of carboxylic acids is 3. The topological polar surface area (TPSA) is 447 Å². The minimum absolute atomic E-state index is 0.00294. The van der Waals surface area contributed by atoms with Crippen molar-refractivity contribution in [3.63, 3.8) is 0 Å². The number of aryl methyl sites for hydroxylation is 2. The van der Waals surface area contributed by atoms with Crippen LogP contribution in [-0.4, -0.2) is 199 Å². The number of ketones is 3. The van der Waals surface area contributed by atoms with Crippen LogP contribution in [0.15, 0.2) is 153 Å². The lowest BCUT2D eigenvalue weighted by Gasteiger charge is -2.30. The Labute approximate surface area is 750 Å². The Kier molecular flexibility index (Phi) is 37.5. The summed E-state index contributed by atoms with van der Waals surface area (Å²) in [6.07, 6.45) is 4.01. The minimum Gasteiger partial charge on any atom is -0.744 e. The molecule has 7 aromatic rings. The quantitative estimate of drug-likeness (QED) is 0.00250. The molecule has 0 saturated carbocycles. The van der Waals surface area contributed by atoms with Crippen molar-refractivity contribution in [1.29, 1.82) is 0 Å². The van der Waals surface area contributed by atoms with Crippen molar-refractivity contribution in [3.05, 3.63) is 167 Å². The third-order valence-corrected chi connectivity index (χ3v) is 27.4. The molecule has 128 heavy (non-hydrogen) atoms. The third-order valence-electron chi connectivity index (χ3n) is 22.6. The van der Waals surface area contributed by atoms with Gasteiger partial charge < -0.3 is 78.6 Å². The molecule has 9 rings (SSSR count). The zero-order chi connectivity index (χ0) is 93.0. The molecule has 6 atom stereocenters. The van der Waals surface area contributed by atoms with Crippen molar-refractivity contribution in [2.75, 3.05) is 60.6 Å². The van der Waals surface area contributed by atoms with Crippen LogP contribution in [0.2, 0.25) is 0 Å². The largest absolute Gasteiger partial charge is 0.744 e. The van der Waals surface area contributed by atoms with Gasteiger partial charge in [-0.2, -0.15) is 0 Å². The molecule has 0 radical (unpaired) electrons. The molecule has 0 spiro atoms. The number of unbranched alkanes of at least 4 members (excludes halogenated alkanes) is 5. The molecule has 2 aliphatic rings. The van der Waals surface area contributed by atoms with Crippen LogP contribution < -0.4 is 41.1 Å². The van der Waals surface area contributed by atoms with Crippen molar-refractivity contribution in [1.82, 2.24) is 35.8 Å². The van der Waals surface area contributed by atoms with Crippen LogP contribution >= 0.6 is 21.6 Å². The summed E-state index contributed by atoms with van der Waals surface area (Å²) in [7, 11) is -7.88. The first kappa shape index (κ1) is 101. The van der Waals surface area contributed by atoms with Gasteiger partial charge >= 0.3 is 42.1 Å². The van der Waals surface area contributed by atoms with Crippen molar-refractivity contribution < 1.29 is 112 Å². The molecule has 9 N–H and O–H groups in total. The molecular weight excluding hydrogens is 1730 g/mol. The number of rotatable bonds is 56. The minimum atomic E-state index is -5.39. The number of hydrogen-bond acceptors (Lipinski definition) is 21. The number of benzene rings is 5. The Hall–Kier alpha value is -11.2. The van der Waals surface area contributed by atoms with Crippen LogP contribution in [-0.2, 0) is 85.7 Å². The molecular formula is C90H111BF2N10O21S4. The molecule has 0 bridgehead atoms. The average Bonchev–Trinajstić information content (AvgIpc) is 1.65. The molecule has 2 aromatic heterocycles. The fourth-order valence-electron chi connectivity index (χ4n) is 15.8. The fraction of sp³-hybridized carbons (Fsp3) is 0.433. The summed E-state index contributed by atoms with van der Waals surface area (Å²) in [5, 5.41) is 43.0. The van der Waals surface area contributed by atoms with E-state index in [0.717, 1.165) is 48.0 Å². The number of amides is 5. The van der Waals surface area contributed by atoms with Crippen LogP contribution in [0.1, 0.15) is 165 Å². The van der Waals surface area contributed by atoms with Gasteiger partial charge in [0, 0.05) is 154 Å². The summed E-state index contributed by atoms with van der Waals surface area (Å²) in [4.78, 5) is 147. The lowest BCUT2D eigenvalue weighted by atomic mass is 9.89. The normalized spacial score (nSPS) is 14.2. The summed E-state index contributed by atoms with van der Waals surface area (Å²) in [6.45, 7) is 9.14. The number of hydrogen-bond donors (Lipinski definition) is 9. The van der Waals surface area contributed by atoms with Gasteiger partial charge in [0.2, 0.25) is 27.7 Å². The predicted octanol–water partition coefficient (Wildman–Crippen LogP) is 12.1. The highest BCUT2D eigenvalue weighted by molar-refractivity contribution is 8.76. The van der Waals surface area contributed by atoms with E-state index in [2.05, 4.69) is 45.8 Å². The number of carboxylic acid groups (broad SMARTS) is 3. The summed E-state index contributed by atoms with van der Waals surface area (Å²) < 4.78 is 117. The summed E-state index contributed by atoms with van der Waals surface area (Å²) in [6, 6.07) is 28.2. The lowest BCUT2D eigenvalue weighted by molar-refractivity contribution is -0.362. The first-order chi connectivity index (χ1) is 61.1. The summed E-state index contributed by atoms with van der Waals surface area (Å²) in [5.74, 6) is -10.3. The van der Waals surface area contributed by atoms with Crippen LogP contribution in [0.3, 0.4) is 0 Å². The van der Waals surface area contributed by atoms with Crippen LogP contribution in [0.5, 0.6) is 0 Å². The van der Waals surface area contributed by atoms with Gasteiger partial charge in [0.15, 0.2) is 23.5 Å². The highest BCUT2D eigenvalue weighted by atomic mass is 33.1. The van der Waals surface area contributed by atoms with Crippen molar-refractivity contribution >= 4 is 159 Å². The number of fused-ring (bicyclic) bond motifs is 4. The SMILES string of the molecule is CCN(CC)c1ccc2c(-c3ccc(S(=O)(=O)NCCSSCC(CC(=O)C(CCNC(=O)CCC4=[N+]5C(=Cc6c(C)cc(C)n6[B-]5(F)F)C=C4)NC(=O)[C@@H](CC(=O)[C@H](Cc4ccccc4)NC(=O)CCCCCCCCC(=O)CC[C@H](NC(=O)N[C@@H](CCC(=O)O)OC=O)C(=O)O)Cc4ccccc4)C(=O)O)cc3S(=O)(=O)[O-])c3ccc(N(CC)CC)cc3[o+]c2c1. The molecule has 0 fully saturated rings. The number of anilines is 2. The fourth-order valence-corrected chi connectivity index (χ4v) is 20.0. The second-order valence-corrected chi connectivity index (χ2v) is 37.3. The number of carbonyl (C=O) groups is 11. The second-order valence-electron chi connectivity index (χ2n) is 31.5. The molecule has 38 heteroatoms. The molecule has 0 saturated heterocycles. The van der Waals surface area contributed by atoms with Crippen LogP contribution in [0, 0.1) is 25.7 Å². The number of nitrogens with zero attached hydrogens (tertiary/aromatic N) is 4. The number of halogens is 2. The number of aliphatic carboxylic acids is 3. The van der Waals surface area contributed by atoms with Crippen LogP contribution in [0.25, 0.3) is 39.1 Å². The molecule has 4 heterocycles. The molecule has 31 nitrogen and oxygen atoms in total. The van der Waals surface area contributed by atoms with Crippen molar-refractivity contribution in [2.24, 2.45) is 11.8 Å². The standard InChI is InChI=1S/C90H111BF2N10O21S4/c1-7-100(8-2)65-31-36-70-79(53-65)124-80-54-66(101(9-3)10-4)32-37-71(80)86(70)72-38-35-69(55-81(72)128(120,121)122)127(118,119)95-45-46-125-126-56-63(88(113)114)51-77(106)73(43-44-94-82(108)40-33-64-29-30-67-52-76-58(5)47-59(6)102(76)91(92,93)103(64)67)97-87(112)62(48-60-23-17-15-18-24-60)50-78(107)75(49-61-25-19-16-20-26-61)96-83(109)28-22-14-12-11-13-21-27-68(105)34-39-74(89(115)116)98-90(117)99-84(123-57-104)41-42-85(110)111/h15-20,23-26,29-32,35-38,47,52-55,57,62-63,73-75,84,95H,7-14,21-22,27-28,33-34,39-46,48-51,56H2,1-6H3,(H8-,94,96,97,98,99,108,109,110,111,112,113,114,115,116,117,120,121,122)/t62-,63?,73?,74+,75+,84-/m1/s1. The number of urea groups is 1. The predicted molar refractivity (Wildman–Crippen MR) is 485 cm³/mol. The van der Waals surface area contributed by atoms with Gasteiger partial charge in [0.25, 0.3) is 6.47 Å². The van der Waals surface area contributed by atoms with Gasteiger partial charge in [0.1, 0.15) is 27.7 Å². The van der Waals surface area contributed by atoms with E-state index < -0.39 is 146 Å². The average molecular weight is 1850 g/mol. The number of sulfonamides is 1. The Balaban J connectivity index is 0.848. The molecule has 2 aliphatic heterocycles. The maximum atomic E-state index is 16.4. The van der Waals surface area contributed by atoms with Crippen molar-refractivity contribution in [2.45, 2.75) is 198 Å². The second kappa shape index (κ2) is 47.7. The number of allylic oxidation sites excluding steroid dienone is 2. The Morgan fingerprint density at radius 1 is 0.617 bits per heavy atom. The number of ether oxygens (including phenoxy) is 1. The number of Topliss-reactive ketones (excluding diaryl/α,β-unsaturated/α-hetero) is 3. The van der Waals surface area contributed by atoms with Gasteiger partial charge in [-0.3, -0.25) is 43.2 Å². The van der Waals surface area contributed by atoms with E-state index in [9.17, 15) is 79.5 Å². The molecule has 2 unspecified atom stereocenters. The van der Waals surface area contributed by atoms with Gasteiger partial charge in [-0.05, 0) is 145 Å². The van der Waals surface area contributed by atoms with E-state index in [4.69, 9.17) is 9.52 Å². The van der Waals surface area contributed by atoms with E-state index in [1.807, 2.05) is 52.0 Å². The zero-order valence-electron chi connectivity index (χ0n) is 72.4. The van der Waals surface area contributed by atoms with Gasteiger partial charge in [-0.1, -0.05) is 114 Å². The maximum Gasteiger partial charge on any atom is 0.737 e. The number of nitrogens with one attached hydrogen (secondary N) is 6. The lowest BCUT2D eigenvalue weighted by Crippen LogP contribution is -2.50. The Bertz CT molecular complexity index is 5450. The Morgan fingerprint density at radius 3 is 1.81 bits per heavy atom. The highest BCUT2D eigenvalue weighted by Crippen LogP contribution is 2.43. The summed E-state index contributed by atoms with van der Waals surface area (Å²) >= 11 is 0. The smallest absolute Gasteiger partial charge is 0.737 e. The van der Waals surface area contributed by atoms with E-state index in [1.165, 1.54) is 18.2 Å². The third kappa shape index (κ3) is 28.2. The van der Waals surface area contributed by atoms with Crippen LogP contribution in [0.4, 0.5) is 24.8 Å². The number of carbonyl (C=O) groups excluding carboxylic acids is 8. The van der Waals surface area contributed by atoms with E-state index in [1.54, 1.807) is 105 Å². The first-order valence-corrected chi connectivity index (χ1v) is 48.2. The van der Waals surface area contributed by atoms with E-state index in [-0.39, 0.29) is 118 Å². The van der Waals surface area contributed by atoms with Crippen molar-refractivity contribution in [3.8, 4) is 11.1 Å². The highest BCUT2D eigenvalue weighted by Gasteiger charge is 2.52. The van der Waals surface area contributed by atoms with Gasteiger partial charge in [0.05, 0.1) is 57.1 Å². The zero-order valence-corrected chi connectivity index (χ0v) is 75.6. The summed E-state index contributed by atoms with van der Waals surface area (Å²) in [5.41, 5.74) is 5.86. The number of aromatic nitrogens is 1. The molecule has 0 aliphatic carbocycles. The van der Waals surface area contributed by atoms with E-state index >= 15 is 13.4 Å². The first-order valence-electron chi connectivity index (χ1n) is 42.9. The van der Waals surface area contributed by atoms with E-state index in [0.29, 0.717) is 120 Å². The van der Waals surface area contributed by atoms with Gasteiger partial charge in [-0.25, -0.2) is 35.6 Å². The molecule has 5 amide bonds. The van der Waals surface area contributed by atoms with Gasteiger partial charge in [-0.15, -0.1) is 0 Å². The Morgan fingerprint density at radius 2 is 1.22 bits per heavy atom. The molecule has 5 aromatic carbocycles.